The highest BCUT2D eigenvalue weighted by atomic mass is 16.4. The molecule has 0 saturated heterocycles. The highest BCUT2D eigenvalue weighted by Crippen LogP contribution is 2.48. The molecule has 0 aromatic heterocycles. The summed E-state index contributed by atoms with van der Waals surface area (Å²) in [6, 6.07) is 9.22. The van der Waals surface area contributed by atoms with Crippen LogP contribution in [-0.4, -0.2) is 23.7 Å². The summed E-state index contributed by atoms with van der Waals surface area (Å²) in [5.41, 5.74) is 3.23. The minimum atomic E-state index is -0.618. The SMILES string of the molecule is Cc1ccccc1C1(CNC2CCC(C(=O)O)CC2)CC1. The Morgan fingerprint density at radius 1 is 1.24 bits per heavy atom. The van der Waals surface area contributed by atoms with Gasteiger partial charge in [-0.1, -0.05) is 24.3 Å². The summed E-state index contributed by atoms with van der Waals surface area (Å²) in [5, 5.41) is 12.8. The van der Waals surface area contributed by atoms with E-state index in [4.69, 9.17) is 5.11 Å². The maximum absolute atomic E-state index is 11.0. The maximum atomic E-state index is 11.0. The molecule has 2 saturated carbocycles. The monoisotopic (exact) mass is 287 g/mol. The first-order valence-corrected chi connectivity index (χ1v) is 8.13. The van der Waals surface area contributed by atoms with Gasteiger partial charge in [0.25, 0.3) is 0 Å². The molecule has 0 amide bonds. The summed E-state index contributed by atoms with van der Waals surface area (Å²) in [6.07, 6.45) is 6.20. The highest BCUT2D eigenvalue weighted by molar-refractivity contribution is 5.70. The Labute approximate surface area is 126 Å². The summed E-state index contributed by atoms with van der Waals surface area (Å²) in [7, 11) is 0. The number of benzene rings is 1. The molecule has 0 heterocycles. The van der Waals surface area contributed by atoms with Gasteiger partial charge in [-0.25, -0.2) is 0 Å². The Balaban J connectivity index is 1.54. The van der Waals surface area contributed by atoms with Gasteiger partial charge in [-0.15, -0.1) is 0 Å². The van der Waals surface area contributed by atoms with Gasteiger partial charge in [-0.3, -0.25) is 4.79 Å². The summed E-state index contributed by atoms with van der Waals surface area (Å²) < 4.78 is 0. The predicted molar refractivity (Wildman–Crippen MR) is 83.5 cm³/mol. The van der Waals surface area contributed by atoms with Gasteiger partial charge in [0.2, 0.25) is 0 Å². The maximum Gasteiger partial charge on any atom is 0.306 e. The predicted octanol–water partition coefficient (Wildman–Crippen LogP) is 3.26. The van der Waals surface area contributed by atoms with E-state index in [0.29, 0.717) is 11.5 Å². The van der Waals surface area contributed by atoms with E-state index in [1.807, 2.05) is 0 Å². The normalized spacial score (nSPS) is 27.3. The van der Waals surface area contributed by atoms with Crippen LogP contribution < -0.4 is 5.32 Å². The Bertz CT molecular complexity index is 514. The molecule has 3 rings (SSSR count). The third-order valence-corrected chi connectivity index (χ3v) is 5.38. The molecule has 1 aromatic carbocycles. The zero-order valence-electron chi connectivity index (χ0n) is 12.8. The van der Waals surface area contributed by atoms with Crippen LogP contribution in [0.5, 0.6) is 0 Å². The lowest BCUT2D eigenvalue weighted by molar-refractivity contribution is -0.142. The molecular weight excluding hydrogens is 262 g/mol. The molecule has 1 aromatic rings. The van der Waals surface area contributed by atoms with Crippen molar-refractivity contribution >= 4 is 5.97 Å². The van der Waals surface area contributed by atoms with Crippen LogP contribution in [-0.2, 0) is 10.2 Å². The van der Waals surface area contributed by atoms with E-state index in [1.54, 1.807) is 0 Å². The van der Waals surface area contributed by atoms with E-state index in [0.717, 1.165) is 32.2 Å². The van der Waals surface area contributed by atoms with E-state index in [2.05, 4.69) is 36.5 Å². The minimum absolute atomic E-state index is 0.116. The van der Waals surface area contributed by atoms with Crippen molar-refractivity contribution in [1.29, 1.82) is 0 Å². The van der Waals surface area contributed by atoms with Gasteiger partial charge in [0.05, 0.1) is 5.92 Å². The average Bonchev–Trinajstić information content (AvgIpc) is 3.27. The van der Waals surface area contributed by atoms with Crippen LogP contribution in [0, 0.1) is 12.8 Å². The Hall–Kier alpha value is -1.35. The molecule has 0 radical (unpaired) electrons. The number of carboxylic acid groups (broad SMARTS) is 1. The Morgan fingerprint density at radius 3 is 2.48 bits per heavy atom. The van der Waals surface area contributed by atoms with Crippen LogP contribution in [0.2, 0.25) is 0 Å². The second-order valence-electron chi connectivity index (χ2n) is 6.86. The van der Waals surface area contributed by atoms with Crippen molar-refractivity contribution in [3.05, 3.63) is 35.4 Å². The van der Waals surface area contributed by atoms with E-state index >= 15 is 0 Å². The van der Waals surface area contributed by atoms with Crippen molar-refractivity contribution in [3.8, 4) is 0 Å². The number of aliphatic carboxylic acids is 1. The molecule has 3 heteroatoms. The molecule has 2 aliphatic rings. The first-order chi connectivity index (χ1) is 10.1. The Kier molecular flexibility index (Phi) is 4.03. The van der Waals surface area contributed by atoms with E-state index < -0.39 is 5.97 Å². The van der Waals surface area contributed by atoms with Crippen LogP contribution in [0.25, 0.3) is 0 Å². The summed E-state index contributed by atoms with van der Waals surface area (Å²) >= 11 is 0. The van der Waals surface area contributed by atoms with Gasteiger partial charge in [-0.2, -0.15) is 0 Å². The highest BCUT2D eigenvalue weighted by Gasteiger charge is 2.45. The quantitative estimate of drug-likeness (QED) is 0.874. The molecule has 114 valence electrons. The lowest BCUT2D eigenvalue weighted by atomic mass is 9.85. The molecule has 21 heavy (non-hydrogen) atoms. The van der Waals surface area contributed by atoms with Gasteiger partial charge < -0.3 is 10.4 Å². The number of carboxylic acids is 1. The molecule has 2 N–H and O–H groups in total. The molecule has 0 unspecified atom stereocenters. The second kappa shape index (κ2) is 5.80. The fourth-order valence-electron chi connectivity index (χ4n) is 3.74. The van der Waals surface area contributed by atoms with Crippen molar-refractivity contribution in [2.24, 2.45) is 5.92 Å². The van der Waals surface area contributed by atoms with Gasteiger partial charge in [-0.05, 0) is 56.6 Å². The fourth-order valence-corrected chi connectivity index (χ4v) is 3.74. The average molecular weight is 287 g/mol. The lowest BCUT2D eigenvalue weighted by Crippen LogP contribution is -2.39. The summed E-state index contributed by atoms with van der Waals surface area (Å²) in [6.45, 7) is 3.24. The van der Waals surface area contributed by atoms with Crippen LogP contribution in [0.15, 0.2) is 24.3 Å². The zero-order chi connectivity index (χ0) is 14.9. The number of hydrogen-bond acceptors (Lipinski definition) is 2. The standard InChI is InChI=1S/C18H25NO2/c1-13-4-2-3-5-16(13)18(10-11-18)12-19-15-8-6-14(7-9-15)17(20)21/h2-5,14-15,19H,6-12H2,1H3,(H,20,21). The van der Waals surface area contributed by atoms with Gasteiger partial charge in [0, 0.05) is 18.0 Å². The summed E-state index contributed by atoms with van der Waals surface area (Å²) in [4.78, 5) is 11.0. The van der Waals surface area contributed by atoms with Gasteiger partial charge >= 0.3 is 5.97 Å². The number of rotatable bonds is 5. The molecule has 0 bridgehead atoms. The van der Waals surface area contributed by atoms with Gasteiger partial charge in [0.1, 0.15) is 0 Å². The number of carbonyl (C=O) groups is 1. The largest absolute Gasteiger partial charge is 0.481 e. The number of aryl methyl sites for hydroxylation is 1. The molecular formula is C18H25NO2. The molecule has 0 atom stereocenters. The van der Waals surface area contributed by atoms with Crippen molar-refractivity contribution in [1.82, 2.24) is 5.32 Å². The minimum Gasteiger partial charge on any atom is -0.481 e. The lowest BCUT2D eigenvalue weighted by Gasteiger charge is -2.29. The molecule has 0 spiro atoms. The van der Waals surface area contributed by atoms with E-state index in [1.165, 1.54) is 24.0 Å². The van der Waals surface area contributed by atoms with Crippen molar-refractivity contribution in [2.75, 3.05) is 6.54 Å². The first-order valence-electron chi connectivity index (χ1n) is 8.13. The van der Waals surface area contributed by atoms with Crippen molar-refractivity contribution in [3.63, 3.8) is 0 Å². The van der Waals surface area contributed by atoms with Crippen molar-refractivity contribution in [2.45, 2.75) is 56.9 Å². The second-order valence-corrected chi connectivity index (χ2v) is 6.86. The number of hydrogen-bond donors (Lipinski definition) is 2. The van der Waals surface area contributed by atoms with Crippen LogP contribution in [0.4, 0.5) is 0 Å². The third-order valence-electron chi connectivity index (χ3n) is 5.38. The zero-order valence-corrected chi connectivity index (χ0v) is 12.8. The van der Waals surface area contributed by atoms with Crippen LogP contribution >= 0.6 is 0 Å². The molecule has 2 aliphatic carbocycles. The van der Waals surface area contributed by atoms with E-state index in [-0.39, 0.29) is 5.92 Å². The Morgan fingerprint density at radius 2 is 1.90 bits per heavy atom. The molecule has 2 fully saturated rings. The topological polar surface area (TPSA) is 49.3 Å². The van der Waals surface area contributed by atoms with E-state index in [9.17, 15) is 4.79 Å². The van der Waals surface area contributed by atoms with Gasteiger partial charge in [0.15, 0.2) is 0 Å². The molecule has 0 aliphatic heterocycles. The van der Waals surface area contributed by atoms with Crippen LogP contribution in [0.1, 0.15) is 49.7 Å². The fraction of sp³-hybridized carbons (Fsp3) is 0.611. The van der Waals surface area contributed by atoms with Crippen LogP contribution in [0.3, 0.4) is 0 Å². The number of nitrogens with one attached hydrogen (secondary N) is 1. The van der Waals surface area contributed by atoms with Crippen molar-refractivity contribution < 1.29 is 9.90 Å². The summed E-state index contributed by atoms with van der Waals surface area (Å²) in [5.74, 6) is -0.735. The molecule has 3 nitrogen and oxygen atoms in total. The smallest absolute Gasteiger partial charge is 0.306 e. The first kappa shape index (κ1) is 14.6. The third kappa shape index (κ3) is 3.13.